The molecule has 4 rings (SSSR count). The van der Waals surface area contributed by atoms with Gasteiger partial charge < -0.3 is 30.2 Å². The lowest BCUT2D eigenvalue weighted by Crippen LogP contribution is -2.51. The molecule has 2 aromatic heterocycles. The molecule has 1 aliphatic rings. The molecule has 0 radical (unpaired) electrons. The van der Waals surface area contributed by atoms with E-state index in [1.165, 1.54) is 11.8 Å². The number of thioether (sulfide) groups is 1. The van der Waals surface area contributed by atoms with Gasteiger partial charge in [-0.2, -0.15) is 0 Å². The van der Waals surface area contributed by atoms with E-state index >= 15 is 0 Å². The molecule has 0 aliphatic heterocycles. The highest BCUT2D eigenvalue weighted by Crippen LogP contribution is 2.26. The van der Waals surface area contributed by atoms with Crippen molar-refractivity contribution >= 4 is 23.6 Å². The Morgan fingerprint density at radius 3 is 2.63 bits per heavy atom. The number of hydrogen-bond donors (Lipinski definition) is 5. The highest BCUT2D eigenvalue weighted by Gasteiger charge is 2.26. The van der Waals surface area contributed by atoms with Gasteiger partial charge in [0.15, 0.2) is 10.9 Å². The molecule has 3 aromatic rings. The Kier molecular flexibility index (Phi) is 9.03. The molecule has 10 nitrogen and oxygen atoms in total. The van der Waals surface area contributed by atoms with Crippen LogP contribution in [0.15, 0.2) is 50.8 Å². The van der Waals surface area contributed by atoms with Gasteiger partial charge >= 0.3 is 0 Å². The summed E-state index contributed by atoms with van der Waals surface area (Å²) in [5, 5.41) is 24.2. The first kappa shape index (κ1) is 27.6. The molecule has 0 bridgehead atoms. The van der Waals surface area contributed by atoms with Gasteiger partial charge in [-0.1, -0.05) is 49.9 Å². The normalized spacial score (nSPS) is 14.2. The molecule has 2 heterocycles. The number of rotatable bonds is 11. The van der Waals surface area contributed by atoms with Gasteiger partial charge in [0.05, 0.1) is 18.4 Å². The van der Waals surface area contributed by atoms with Crippen molar-refractivity contribution in [3.63, 3.8) is 0 Å². The highest BCUT2D eigenvalue weighted by molar-refractivity contribution is 7.98. The first-order valence-electron chi connectivity index (χ1n) is 12.6. The first-order valence-corrected chi connectivity index (χ1v) is 13.5. The fourth-order valence-corrected chi connectivity index (χ4v) is 4.99. The second-order valence-corrected chi connectivity index (χ2v) is 10.5. The number of carbonyl (C=O) groups is 2. The predicted molar refractivity (Wildman–Crippen MR) is 143 cm³/mol. The van der Waals surface area contributed by atoms with Crippen LogP contribution in [0, 0.1) is 5.92 Å². The molecule has 0 saturated carbocycles. The summed E-state index contributed by atoms with van der Waals surface area (Å²) in [6.45, 7) is 2.99. The number of aromatic amines is 1. The van der Waals surface area contributed by atoms with E-state index in [4.69, 9.17) is 9.52 Å². The molecular formula is C27H32N4O6S. The number of aliphatic hydroxyl groups excluding tert-OH is 2. The summed E-state index contributed by atoms with van der Waals surface area (Å²) in [6.07, 6.45) is 1.55. The topological polar surface area (TPSA) is 158 Å². The quantitative estimate of drug-likeness (QED) is 0.183. The van der Waals surface area contributed by atoms with E-state index in [0.29, 0.717) is 16.7 Å². The lowest BCUT2D eigenvalue weighted by molar-refractivity contribution is -0.124. The SMILES string of the molecule is CC(C)[C@H](NC(=O)c1ccc(-c2ccc(CSc3nc4c(c(=O)[nH]3)CCC4)cc2)o1)C(=O)NC[C@H](O)CO. The van der Waals surface area contributed by atoms with Crippen molar-refractivity contribution in [2.45, 2.75) is 56.2 Å². The molecule has 0 saturated heterocycles. The fraction of sp³-hybridized carbons (Fsp3) is 0.407. The molecule has 11 heteroatoms. The fourth-order valence-electron chi connectivity index (χ4n) is 4.16. The minimum Gasteiger partial charge on any atom is -0.451 e. The van der Waals surface area contributed by atoms with Crippen LogP contribution >= 0.6 is 11.8 Å². The van der Waals surface area contributed by atoms with Crippen molar-refractivity contribution in [2.24, 2.45) is 5.92 Å². The lowest BCUT2D eigenvalue weighted by Gasteiger charge is -2.21. The summed E-state index contributed by atoms with van der Waals surface area (Å²) >= 11 is 1.48. The number of furan rings is 1. The highest BCUT2D eigenvalue weighted by atomic mass is 32.2. The zero-order chi connectivity index (χ0) is 27.2. The number of fused-ring (bicyclic) bond motifs is 1. The van der Waals surface area contributed by atoms with E-state index in [1.807, 2.05) is 24.3 Å². The number of aromatic nitrogens is 2. The van der Waals surface area contributed by atoms with E-state index < -0.39 is 30.6 Å². The van der Waals surface area contributed by atoms with Crippen LogP contribution in [0.1, 0.15) is 47.6 Å². The molecule has 1 aromatic carbocycles. The second-order valence-electron chi connectivity index (χ2n) is 9.58. The third-order valence-corrected chi connectivity index (χ3v) is 7.27. The number of hydrogen-bond acceptors (Lipinski definition) is 8. The number of aryl methyl sites for hydroxylation is 1. The van der Waals surface area contributed by atoms with Crippen molar-refractivity contribution in [3.8, 4) is 11.3 Å². The Bertz CT molecular complexity index is 1330. The van der Waals surface area contributed by atoms with Gasteiger partial charge in [0.25, 0.3) is 11.5 Å². The molecule has 5 N–H and O–H groups in total. The maximum Gasteiger partial charge on any atom is 0.287 e. The summed E-state index contributed by atoms with van der Waals surface area (Å²) in [6, 6.07) is 10.1. The molecule has 0 spiro atoms. The number of carbonyl (C=O) groups excluding carboxylic acids is 2. The predicted octanol–water partition coefficient (Wildman–Crippen LogP) is 2.03. The van der Waals surface area contributed by atoms with Crippen molar-refractivity contribution in [1.29, 1.82) is 0 Å². The summed E-state index contributed by atoms with van der Waals surface area (Å²) in [5.41, 5.74) is 3.52. The van der Waals surface area contributed by atoms with Gasteiger partial charge in [0.1, 0.15) is 11.8 Å². The first-order chi connectivity index (χ1) is 18.2. The summed E-state index contributed by atoms with van der Waals surface area (Å²) in [4.78, 5) is 44.9. The average molecular weight is 541 g/mol. The van der Waals surface area contributed by atoms with Gasteiger partial charge in [0, 0.05) is 23.4 Å². The van der Waals surface area contributed by atoms with Crippen LogP contribution < -0.4 is 16.2 Å². The minimum atomic E-state index is -1.07. The van der Waals surface area contributed by atoms with Crippen LogP contribution in [0.4, 0.5) is 0 Å². The van der Waals surface area contributed by atoms with Crippen LogP contribution in [-0.2, 0) is 23.4 Å². The summed E-state index contributed by atoms with van der Waals surface area (Å²) in [7, 11) is 0. The third-order valence-electron chi connectivity index (χ3n) is 6.32. The van der Waals surface area contributed by atoms with Gasteiger partial charge in [-0.25, -0.2) is 4.98 Å². The number of nitrogens with one attached hydrogen (secondary N) is 3. The summed E-state index contributed by atoms with van der Waals surface area (Å²) in [5.74, 6) is 0.0180. The van der Waals surface area contributed by atoms with Crippen LogP contribution in [0.3, 0.4) is 0 Å². The second kappa shape index (κ2) is 12.4. The zero-order valence-corrected chi connectivity index (χ0v) is 22.1. The maximum atomic E-state index is 12.8. The number of H-pyrrole nitrogens is 1. The van der Waals surface area contributed by atoms with E-state index in [-0.39, 0.29) is 23.8 Å². The molecule has 38 heavy (non-hydrogen) atoms. The summed E-state index contributed by atoms with van der Waals surface area (Å²) < 4.78 is 5.76. The van der Waals surface area contributed by atoms with Crippen LogP contribution in [0.25, 0.3) is 11.3 Å². The van der Waals surface area contributed by atoms with Crippen LogP contribution in [-0.4, -0.2) is 57.3 Å². The number of nitrogens with zero attached hydrogens (tertiary/aromatic N) is 1. The van der Waals surface area contributed by atoms with Crippen LogP contribution in [0.2, 0.25) is 0 Å². The van der Waals surface area contributed by atoms with E-state index in [2.05, 4.69) is 20.6 Å². The van der Waals surface area contributed by atoms with Crippen molar-refractivity contribution in [1.82, 2.24) is 20.6 Å². The Labute approximate surface area is 224 Å². The molecule has 0 unspecified atom stereocenters. The van der Waals surface area contributed by atoms with Crippen molar-refractivity contribution in [3.05, 3.63) is 69.3 Å². The molecular weight excluding hydrogens is 508 g/mol. The van der Waals surface area contributed by atoms with Gasteiger partial charge in [-0.3, -0.25) is 14.4 Å². The minimum absolute atomic E-state index is 0.0381. The molecule has 2 atom stereocenters. The standard InChI is InChI=1S/C27H32N4O6S/c1-15(2)23(26(36)28-12-18(33)13-32)30-25(35)22-11-10-21(37-22)17-8-6-16(7-9-17)14-38-27-29-20-5-3-4-19(20)24(34)31-27/h6-11,15,18,23,32-33H,3-5,12-14H2,1-2H3,(H,28,36)(H,30,35)(H,29,31,34)/t18-,23-/m0/s1. The lowest BCUT2D eigenvalue weighted by atomic mass is 10.0. The Morgan fingerprint density at radius 1 is 1.16 bits per heavy atom. The average Bonchev–Trinajstić information content (AvgIpc) is 3.59. The largest absolute Gasteiger partial charge is 0.451 e. The smallest absolute Gasteiger partial charge is 0.287 e. The van der Waals surface area contributed by atoms with Crippen LogP contribution in [0.5, 0.6) is 0 Å². The van der Waals surface area contributed by atoms with Gasteiger partial charge in [-0.05, 0) is 42.9 Å². The monoisotopic (exact) mass is 540 g/mol. The Morgan fingerprint density at radius 2 is 1.92 bits per heavy atom. The van der Waals surface area contributed by atoms with E-state index in [0.717, 1.165) is 41.6 Å². The number of amides is 2. The van der Waals surface area contributed by atoms with E-state index in [9.17, 15) is 19.5 Å². The van der Waals surface area contributed by atoms with Gasteiger partial charge in [0.2, 0.25) is 5.91 Å². The zero-order valence-electron chi connectivity index (χ0n) is 21.3. The Balaban J connectivity index is 1.35. The third kappa shape index (κ3) is 6.72. The van der Waals surface area contributed by atoms with E-state index in [1.54, 1.807) is 26.0 Å². The molecule has 1 aliphatic carbocycles. The Hall–Kier alpha value is -3.41. The number of benzene rings is 1. The van der Waals surface area contributed by atoms with Crippen molar-refractivity contribution in [2.75, 3.05) is 13.2 Å². The molecule has 2 amide bonds. The van der Waals surface area contributed by atoms with Gasteiger partial charge in [-0.15, -0.1) is 0 Å². The van der Waals surface area contributed by atoms with Crippen molar-refractivity contribution < 1.29 is 24.2 Å². The maximum absolute atomic E-state index is 12.8. The number of aliphatic hydroxyl groups is 2. The molecule has 0 fully saturated rings. The molecule has 202 valence electrons.